The summed E-state index contributed by atoms with van der Waals surface area (Å²) in [7, 11) is 0. The normalized spacial score (nSPS) is 11.4. The minimum absolute atomic E-state index is 0.613. The van der Waals surface area contributed by atoms with Crippen LogP contribution in [0.3, 0.4) is 0 Å². The molecule has 1 aromatic heterocycles. The van der Waals surface area contributed by atoms with Crippen LogP contribution in [0.4, 0.5) is 0 Å². The van der Waals surface area contributed by atoms with Gasteiger partial charge in [-0.3, -0.25) is 2.78 Å². The second-order valence-electron chi connectivity index (χ2n) is 3.65. The molecule has 0 atom stereocenters. The minimum atomic E-state index is 0.613. The van der Waals surface area contributed by atoms with Gasteiger partial charge in [-0.1, -0.05) is 26.0 Å². The molecule has 68 valence electrons. The molecule has 0 N–H and O–H groups in total. The highest BCUT2D eigenvalue weighted by Gasteiger charge is 2.01. The third kappa shape index (κ3) is 1.73. The van der Waals surface area contributed by atoms with Gasteiger partial charge in [-0.05, 0) is 17.5 Å². The van der Waals surface area contributed by atoms with E-state index in [2.05, 4.69) is 70.1 Å². The van der Waals surface area contributed by atoms with Gasteiger partial charge in [-0.25, -0.2) is 0 Å². The summed E-state index contributed by atoms with van der Waals surface area (Å²) in [5.41, 5.74) is 1.41. The Bertz CT molecular complexity index is 429. The van der Waals surface area contributed by atoms with Crippen molar-refractivity contribution >= 4 is 33.6 Å². The SMILES string of the molecule is CC(C)c1ccc2cn(I)cc2c1. The zero-order valence-electron chi connectivity index (χ0n) is 7.79. The topological polar surface area (TPSA) is 4.93 Å². The van der Waals surface area contributed by atoms with Gasteiger partial charge in [0.15, 0.2) is 0 Å². The molecule has 0 bridgehead atoms. The van der Waals surface area contributed by atoms with E-state index >= 15 is 0 Å². The van der Waals surface area contributed by atoms with Gasteiger partial charge in [-0.2, -0.15) is 0 Å². The van der Waals surface area contributed by atoms with E-state index in [0.29, 0.717) is 5.92 Å². The lowest BCUT2D eigenvalue weighted by Gasteiger charge is -2.03. The van der Waals surface area contributed by atoms with Crippen LogP contribution in [0.25, 0.3) is 10.8 Å². The molecule has 0 radical (unpaired) electrons. The van der Waals surface area contributed by atoms with Gasteiger partial charge in [0.05, 0.1) is 22.9 Å². The highest BCUT2D eigenvalue weighted by molar-refractivity contribution is 14.1. The Labute approximate surface area is 92.2 Å². The maximum absolute atomic E-state index is 2.28. The van der Waals surface area contributed by atoms with Gasteiger partial charge in [0, 0.05) is 23.2 Å². The zero-order valence-corrected chi connectivity index (χ0v) is 9.95. The number of hydrogen-bond donors (Lipinski definition) is 0. The lowest BCUT2D eigenvalue weighted by molar-refractivity contribution is 0.869. The third-order valence-electron chi connectivity index (χ3n) is 2.30. The van der Waals surface area contributed by atoms with E-state index in [1.54, 1.807) is 0 Å². The molecule has 1 nitrogen and oxygen atoms in total. The van der Waals surface area contributed by atoms with Gasteiger partial charge in [0.1, 0.15) is 0 Å². The Kier molecular flexibility index (Phi) is 2.32. The van der Waals surface area contributed by atoms with Crippen LogP contribution in [0, 0.1) is 0 Å². The molecular weight excluding hydrogens is 273 g/mol. The Morgan fingerprint density at radius 3 is 2.54 bits per heavy atom. The molecule has 2 rings (SSSR count). The van der Waals surface area contributed by atoms with Crippen LogP contribution in [-0.2, 0) is 0 Å². The number of rotatable bonds is 1. The molecule has 2 aromatic rings. The van der Waals surface area contributed by atoms with E-state index in [0.717, 1.165) is 0 Å². The monoisotopic (exact) mass is 285 g/mol. The van der Waals surface area contributed by atoms with Gasteiger partial charge in [-0.15, -0.1) is 0 Å². The first-order valence-corrected chi connectivity index (χ1v) is 5.41. The molecule has 0 saturated carbocycles. The van der Waals surface area contributed by atoms with Crippen molar-refractivity contribution in [3.8, 4) is 0 Å². The summed E-state index contributed by atoms with van der Waals surface area (Å²) in [5.74, 6) is 0.613. The number of halogens is 1. The molecule has 0 fully saturated rings. The predicted octanol–water partition coefficient (Wildman–Crippen LogP) is 3.96. The first kappa shape index (κ1) is 9.06. The van der Waals surface area contributed by atoms with E-state index < -0.39 is 0 Å². The van der Waals surface area contributed by atoms with Crippen molar-refractivity contribution in [2.75, 3.05) is 0 Å². The van der Waals surface area contributed by atoms with Gasteiger partial charge in [0.2, 0.25) is 0 Å². The van der Waals surface area contributed by atoms with Crippen molar-refractivity contribution < 1.29 is 0 Å². The Morgan fingerprint density at radius 1 is 1.15 bits per heavy atom. The number of aromatic nitrogens is 1. The Morgan fingerprint density at radius 2 is 1.85 bits per heavy atom. The molecule has 0 spiro atoms. The summed E-state index contributed by atoms with van der Waals surface area (Å²) < 4.78 is 2.08. The first-order chi connectivity index (χ1) is 6.16. The summed E-state index contributed by atoms with van der Waals surface area (Å²) >= 11 is 2.28. The van der Waals surface area contributed by atoms with Crippen LogP contribution in [0.15, 0.2) is 30.6 Å². The summed E-state index contributed by atoms with van der Waals surface area (Å²) in [6.45, 7) is 4.45. The fourth-order valence-corrected chi connectivity index (χ4v) is 2.08. The van der Waals surface area contributed by atoms with E-state index in [1.807, 2.05) is 0 Å². The van der Waals surface area contributed by atoms with Crippen LogP contribution >= 0.6 is 22.9 Å². The van der Waals surface area contributed by atoms with Crippen molar-refractivity contribution in [3.63, 3.8) is 0 Å². The zero-order chi connectivity index (χ0) is 9.42. The molecule has 2 heteroatoms. The Hall–Kier alpha value is -0.510. The molecule has 1 aromatic carbocycles. The highest BCUT2D eigenvalue weighted by Crippen LogP contribution is 2.22. The lowest BCUT2D eigenvalue weighted by atomic mass is 10.0. The lowest BCUT2D eigenvalue weighted by Crippen LogP contribution is -1.84. The van der Waals surface area contributed by atoms with Crippen molar-refractivity contribution in [1.82, 2.24) is 2.78 Å². The summed E-state index contributed by atoms with van der Waals surface area (Å²) in [6, 6.07) is 6.68. The smallest absolute Gasteiger partial charge is 0.0634 e. The van der Waals surface area contributed by atoms with E-state index in [4.69, 9.17) is 0 Å². The molecule has 0 aliphatic rings. The maximum Gasteiger partial charge on any atom is 0.0634 e. The minimum Gasteiger partial charge on any atom is -0.296 e. The van der Waals surface area contributed by atoms with E-state index in [9.17, 15) is 0 Å². The fourth-order valence-electron chi connectivity index (χ4n) is 1.48. The summed E-state index contributed by atoms with van der Waals surface area (Å²) in [6.07, 6.45) is 4.29. The van der Waals surface area contributed by atoms with Gasteiger partial charge in [0.25, 0.3) is 0 Å². The maximum atomic E-state index is 2.28. The molecule has 0 aliphatic heterocycles. The van der Waals surface area contributed by atoms with Crippen LogP contribution in [0.1, 0.15) is 25.3 Å². The van der Waals surface area contributed by atoms with Crippen molar-refractivity contribution in [2.45, 2.75) is 19.8 Å². The number of fused-ring (bicyclic) bond motifs is 1. The standard InChI is InChI=1S/C11H12IN/c1-8(2)9-3-4-10-6-13(12)7-11(10)5-9/h3-8H,1-2H3. The number of benzene rings is 1. The van der Waals surface area contributed by atoms with Crippen LogP contribution < -0.4 is 0 Å². The van der Waals surface area contributed by atoms with Crippen LogP contribution in [0.2, 0.25) is 0 Å². The number of hydrogen-bond acceptors (Lipinski definition) is 0. The molecule has 0 unspecified atom stereocenters. The Balaban J connectivity index is 2.61. The average Bonchev–Trinajstić information content (AvgIpc) is 2.42. The number of nitrogens with zero attached hydrogens (tertiary/aromatic N) is 1. The quantitative estimate of drug-likeness (QED) is 0.699. The summed E-state index contributed by atoms with van der Waals surface area (Å²) in [5, 5.41) is 2.65. The second-order valence-corrected chi connectivity index (χ2v) is 4.76. The van der Waals surface area contributed by atoms with Gasteiger partial charge < -0.3 is 0 Å². The van der Waals surface area contributed by atoms with Crippen molar-refractivity contribution in [2.24, 2.45) is 0 Å². The van der Waals surface area contributed by atoms with Crippen molar-refractivity contribution in [1.29, 1.82) is 0 Å². The third-order valence-corrected chi connectivity index (χ3v) is 2.86. The van der Waals surface area contributed by atoms with Crippen molar-refractivity contribution in [3.05, 3.63) is 36.2 Å². The second kappa shape index (κ2) is 3.33. The molecule has 0 amide bonds. The van der Waals surface area contributed by atoms with Gasteiger partial charge >= 0.3 is 0 Å². The molecule has 0 saturated heterocycles. The first-order valence-electron chi connectivity index (χ1n) is 4.44. The van der Waals surface area contributed by atoms with Crippen LogP contribution in [0.5, 0.6) is 0 Å². The van der Waals surface area contributed by atoms with E-state index in [1.165, 1.54) is 16.3 Å². The molecule has 1 heterocycles. The molecule has 0 aliphatic carbocycles. The molecular formula is C11H12IN. The average molecular weight is 285 g/mol. The summed E-state index contributed by atoms with van der Waals surface area (Å²) in [4.78, 5) is 0. The largest absolute Gasteiger partial charge is 0.296 e. The fraction of sp³-hybridized carbons (Fsp3) is 0.273. The predicted molar refractivity (Wildman–Crippen MR) is 65.4 cm³/mol. The van der Waals surface area contributed by atoms with Crippen LogP contribution in [-0.4, -0.2) is 2.78 Å². The molecule has 13 heavy (non-hydrogen) atoms. The highest BCUT2D eigenvalue weighted by atomic mass is 127. The van der Waals surface area contributed by atoms with E-state index in [-0.39, 0.29) is 0 Å².